The molecule has 0 atom stereocenters. The molecule has 0 spiro atoms. The van der Waals surface area contributed by atoms with Gasteiger partial charge in [-0.3, -0.25) is 9.69 Å². The van der Waals surface area contributed by atoms with E-state index in [9.17, 15) is 4.79 Å². The summed E-state index contributed by atoms with van der Waals surface area (Å²) in [5.41, 5.74) is 1.97. The molecule has 2 aromatic rings. The fraction of sp³-hybridized carbons (Fsp3) is 0.318. The third-order valence-electron chi connectivity index (χ3n) is 4.75. The molecule has 0 aliphatic carbocycles. The van der Waals surface area contributed by atoms with E-state index >= 15 is 0 Å². The molecule has 9 heteroatoms. The molecule has 0 bridgehead atoms. The minimum absolute atomic E-state index is 0.0569. The number of rotatable bonds is 5. The minimum Gasteiger partial charge on any atom is -0.496 e. The number of carboxylic acid groups (broad SMARTS) is 2. The molecule has 0 unspecified atom stereocenters. The summed E-state index contributed by atoms with van der Waals surface area (Å²) in [6, 6.07) is 16.2. The Kier molecular flexibility index (Phi) is 9.36. The lowest BCUT2D eigenvalue weighted by Gasteiger charge is -2.35. The molecule has 8 nitrogen and oxygen atoms in total. The highest BCUT2D eigenvalue weighted by Crippen LogP contribution is 2.21. The van der Waals surface area contributed by atoms with E-state index in [1.165, 1.54) is 10.5 Å². The first kappa shape index (κ1) is 24.2. The van der Waals surface area contributed by atoms with Gasteiger partial charge in [0, 0.05) is 37.6 Å². The van der Waals surface area contributed by atoms with Crippen LogP contribution in [0.4, 0.5) is 0 Å². The highest BCUT2D eigenvalue weighted by molar-refractivity contribution is 7.98. The first-order valence-electron chi connectivity index (χ1n) is 9.59. The van der Waals surface area contributed by atoms with Crippen LogP contribution < -0.4 is 4.74 Å². The van der Waals surface area contributed by atoms with Crippen LogP contribution in [0.1, 0.15) is 15.9 Å². The van der Waals surface area contributed by atoms with Crippen molar-refractivity contribution in [3.05, 3.63) is 59.7 Å². The Hall–Kier alpha value is -3.04. The van der Waals surface area contributed by atoms with Crippen molar-refractivity contribution >= 4 is 29.6 Å². The van der Waals surface area contributed by atoms with Crippen LogP contribution >= 0.6 is 11.8 Å². The van der Waals surface area contributed by atoms with Crippen LogP contribution in [0.25, 0.3) is 0 Å². The predicted molar refractivity (Wildman–Crippen MR) is 118 cm³/mol. The fourth-order valence-electron chi connectivity index (χ4n) is 3.09. The van der Waals surface area contributed by atoms with Crippen LogP contribution in [0.15, 0.2) is 53.4 Å². The second-order valence-corrected chi connectivity index (χ2v) is 7.61. The normalized spacial score (nSPS) is 13.7. The van der Waals surface area contributed by atoms with E-state index in [0.29, 0.717) is 11.3 Å². The van der Waals surface area contributed by atoms with Gasteiger partial charge in [-0.1, -0.05) is 24.3 Å². The predicted octanol–water partition coefficient (Wildman–Crippen LogP) is 2.53. The van der Waals surface area contributed by atoms with Crippen LogP contribution in [0.2, 0.25) is 0 Å². The number of amides is 1. The highest BCUT2D eigenvalue weighted by Gasteiger charge is 2.24. The van der Waals surface area contributed by atoms with Crippen molar-refractivity contribution in [2.75, 3.05) is 39.5 Å². The molecule has 1 fully saturated rings. The molecule has 0 aromatic heterocycles. The number of ether oxygens (including phenoxy) is 1. The third kappa shape index (κ3) is 7.30. The summed E-state index contributed by atoms with van der Waals surface area (Å²) in [4.78, 5) is 36.6. The molecule has 2 N–H and O–H groups in total. The van der Waals surface area contributed by atoms with Gasteiger partial charge in [0.2, 0.25) is 0 Å². The summed E-state index contributed by atoms with van der Waals surface area (Å²) < 4.78 is 5.32. The van der Waals surface area contributed by atoms with Gasteiger partial charge in [-0.05, 0) is 36.1 Å². The molecule has 1 heterocycles. The maximum absolute atomic E-state index is 12.7. The number of benzene rings is 2. The number of carbonyl (C=O) groups is 3. The summed E-state index contributed by atoms with van der Waals surface area (Å²) in [6.45, 7) is 4.22. The smallest absolute Gasteiger partial charge is 0.414 e. The summed E-state index contributed by atoms with van der Waals surface area (Å²) >= 11 is 1.76. The number of para-hydroxylation sites is 1. The van der Waals surface area contributed by atoms with E-state index in [0.717, 1.165) is 32.7 Å². The van der Waals surface area contributed by atoms with Gasteiger partial charge in [0.05, 0.1) is 12.7 Å². The summed E-state index contributed by atoms with van der Waals surface area (Å²) in [7, 11) is 1.60. The average molecular weight is 447 g/mol. The second kappa shape index (κ2) is 12.0. The SMILES string of the molecule is COc1ccccc1C(=O)N1CCN(Cc2ccc(SC)cc2)CC1.O=C(O)C(=O)O. The zero-order valence-corrected chi connectivity index (χ0v) is 18.3. The first-order valence-corrected chi connectivity index (χ1v) is 10.8. The minimum atomic E-state index is -1.82. The molecule has 0 radical (unpaired) electrons. The van der Waals surface area contributed by atoms with Crippen molar-refractivity contribution in [1.82, 2.24) is 9.80 Å². The van der Waals surface area contributed by atoms with Crippen molar-refractivity contribution in [3.8, 4) is 5.75 Å². The lowest BCUT2D eigenvalue weighted by molar-refractivity contribution is -0.159. The third-order valence-corrected chi connectivity index (χ3v) is 5.49. The number of aliphatic carboxylic acids is 2. The number of nitrogens with zero attached hydrogens (tertiary/aromatic N) is 2. The quantitative estimate of drug-likeness (QED) is 0.533. The molecule has 0 saturated carbocycles. The average Bonchev–Trinajstić information content (AvgIpc) is 2.80. The van der Waals surface area contributed by atoms with Crippen LogP contribution in [0, 0.1) is 0 Å². The number of carbonyl (C=O) groups excluding carboxylic acids is 1. The Bertz CT molecular complexity index is 883. The molecule has 31 heavy (non-hydrogen) atoms. The molecule has 1 amide bonds. The Morgan fingerprint density at radius 2 is 1.52 bits per heavy atom. The Balaban J connectivity index is 0.000000501. The lowest BCUT2D eigenvalue weighted by atomic mass is 10.1. The van der Waals surface area contributed by atoms with Gasteiger partial charge in [0.25, 0.3) is 5.91 Å². The summed E-state index contributed by atoms with van der Waals surface area (Å²) in [5, 5.41) is 14.8. The van der Waals surface area contributed by atoms with Gasteiger partial charge >= 0.3 is 11.9 Å². The Labute approximate surface area is 185 Å². The molecule has 3 rings (SSSR count). The van der Waals surface area contributed by atoms with Gasteiger partial charge in [-0.2, -0.15) is 0 Å². The van der Waals surface area contributed by atoms with Crippen molar-refractivity contribution in [2.45, 2.75) is 11.4 Å². The first-order chi connectivity index (χ1) is 14.8. The van der Waals surface area contributed by atoms with Gasteiger partial charge in [-0.25, -0.2) is 9.59 Å². The Morgan fingerprint density at radius 1 is 0.935 bits per heavy atom. The Morgan fingerprint density at radius 3 is 2.03 bits per heavy atom. The van der Waals surface area contributed by atoms with Crippen molar-refractivity contribution < 1.29 is 29.3 Å². The molecule has 166 valence electrons. The van der Waals surface area contributed by atoms with Crippen molar-refractivity contribution in [1.29, 1.82) is 0 Å². The van der Waals surface area contributed by atoms with Crippen LogP contribution in [0.5, 0.6) is 5.75 Å². The van der Waals surface area contributed by atoms with E-state index in [1.807, 2.05) is 29.2 Å². The number of carboxylic acids is 2. The highest BCUT2D eigenvalue weighted by atomic mass is 32.2. The molecular formula is C22H26N2O6S. The molecule has 1 aliphatic rings. The van der Waals surface area contributed by atoms with Crippen LogP contribution in [-0.4, -0.2) is 77.4 Å². The van der Waals surface area contributed by atoms with Crippen LogP contribution in [0.3, 0.4) is 0 Å². The molecule has 1 aliphatic heterocycles. The summed E-state index contributed by atoms with van der Waals surface area (Å²) in [5.74, 6) is -2.95. The molecule has 1 saturated heterocycles. The lowest BCUT2D eigenvalue weighted by Crippen LogP contribution is -2.48. The van der Waals surface area contributed by atoms with E-state index in [-0.39, 0.29) is 5.91 Å². The fourth-order valence-corrected chi connectivity index (χ4v) is 3.50. The number of hydrogen-bond donors (Lipinski definition) is 2. The summed E-state index contributed by atoms with van der Waals surface area (Å²) in [6.07, 6.45) is 2.09. The van der Waals surface area contributed by atoms with Gasteiger partial charge in [0.1, 0.15) is 5.75 Å². The topological polar surface area (TPSA) is 107 Å². The molecular weight excluding hydrogens is 420 g/mol. The number of hydrogen-bond acceptors (Lipinski definition) is 6. The number of thioether (sulfide) groups is 1. The van der Waals surface area contributed by atoms with Crippen molar-refractivity contribution in [2.24, 2.45) is 0 Å². The monoisotopic (exact) mass is 446 g/mol. The van der Waals surface area contributed by atoms with Crippen LogP contribution in [-0.2, 0) is 16.1 Å². The number of methoxy groups -OCH3 is 1. The van der Waals surface area contributed by atoms with E-state index in [1.54, 1.807) is 18.9 Å². The zero-order chi connectivity index (χ0) is 22.8. The van der Waals surface area contributed by atoms with E-state index in [2.05, 4.69) is 35.4 Å². The largest absolute Gasteiger partial charge is 0.496 e. The number of piperazine rings is 1. The van der Waals surface area contributed by atoms with Gasteiger partial charge in [0.15, 0.2) is 0 Å². The maximum atomic E-state index is 12.7. The maximum Gasteiger partial charge on any atom is 0.414 e. The second-order valence-electron chi connectivity index (χ2n) is 6.73. The van der Waals surface area contributed by atoms with E-state index in [4.69, 9.17) is 24.5 Å². The zero-order valence-electron chi connectivity index (χ0n) is 17.5. The van der Waals surface area contributed by atoms with Gasteiger partial charge in [-0.15, -0.1) is 11.8 Å². The van der Waals surface area contributed by atoms with Crippen molar-refractivity contribution in [3.63, 3.8) is 0 Å². The van der Waals surface area contributed by atoms with Gasteiger partial charge < -0.3 is 19.8 Å². The standard InChI is InChI=1S/C20H24N2O2S.C2H2O4/c1-24-19-6-4-3-5-18(19)20(23)22-13-11-21(12-14-22)15-16-7-9-17(25-2)10-8-16;3-1(4)2(5)6/h3-10H,11-15H2,1-2H3;(H,3,4)(H,5,6). The molecule has 2 aromatic carbocycles. The van der Waals surface area contributed by atoms with E-state index < -0.39 is 11.9 Å².